The molecular formula is C23H27N3O4S. The molecule has 2 aliphatic heterocycles. The van der Waals surface area contributed by atoms with Crippen molar-refractivity contribution in [2.45, 2.75) is 50.7 Å². The summed E-state index contributed by atoms with van der Waals surface area (Å²) >= 11 is 1.43. The van der Waals surface area contributed by atoms with Crippen LogP contribution in [0.3, 0.4) is 0 Å². The van der Waals surface area contributed by atoms with Crippen LogP contribution in [0.25, 0.3) is 0 Å². The molecule has 31 heavy (non-hydrogen) atoms. The highest BCUT2D eigenvalue weighted by Crippen LogP contribution is 2.34. The van der Waals surface area contributed by atoms with Crippen LogP contribution in [0.5, 0.6) is 11.5 Å². The zero-order valence-corrected chi connectivity index (χ0v) is 18.7. The number of rotatable bonds is 6. The van der Waals surface area contributed by atoms with Crippen LogP contribution in [0.4, 0.5) is 5.82 Å². The molecule has 0 bridgehead atoms. The van der Waals surface area contributed by atoms with Crippen molar-refractivity contribution in [3.8, 4) is 17.6 Å². The minimum Gasteiger partial charge on any atom is -0.490 e. The van der Waals surface area contributed by atoms with E-state index in [1.165, 1.54) is 11.8 Å². The van der Waals surface area contributed by atoms with E-state index in [-0.39, 0.29) is 17.8 Å². The number of nitriles is 1. The smallest absolute Gasteiger partial charge is 0.235 e. The van der Waals surface area contributed by atoms with Gasteiger partial charge in [-0.05, 0) is 50.5 Å². The lowest BCUT2D eigenvalue weighted by Gasteiger charge is -2.17. The number of aromatic nitrogens is 1. The highest BCUT2D eigenvalue weighted by molar-refractivity contribution is 8.00. The molecule has 1 N–H and O–H groups in total. The van der Waals surface area contributed by atoms with Crippen molar-refractivity contribution < 1.29 is 19.0 Å². The van der Waals surface area contributed by atoms with Gasteiger partial charge in [0, 0.05) is 23.6 Å². The molecule has 0 unspecified atom stereocenters. The second kappa shape index (κ2) is 9.67. The molecule has 0 spiro atoms. The Labute approximate surface area is 186 Å². The average Bonchev–Trinajstić information content (AvgIpc) is 3.27. The van der Waals surface area contributed by atoms with Gasteiger partial charge in [0.25, 0.3) is 0 Å². The van der Waals surface area contributed by atoms with Crippen molar-refractivity contribution in [1.82, 2.24) is 4.57 Å². The lowest BCUT2D eigenvalue weighted by molar-refractivity contribution is -0.113. The van der Waals surface area contributed by atoms with Gasteiger partial charge in [-0.3, -0.25) is 4.79 Å². The van der Waals surface area contributed by atoms with Gasteiger partial charge in [-0.1, -0.05) is 0 Å². The van der Waals surface area contributed by atoms with Gasteiger partial charge in [0.15, 0.2) is 11.5 Å². The number of amides is 1. The van der Waals surface area contributed by atoms with Crippen LogP contribution in [0.2, 0.25) is 0 Å². The summed E-state index contributed by atoms with van der Waals surface area (Å²) < 4.78 is 19.2. The summed E-state index contributed by atoms with van der Waals surface area (Å²) in [5.41, 5.74) is 2.40. The zero-order valence-electron chi connectivity index (χ0n) is 17.9. The van der Waals surface area contributed by atoms with E-state index in [9.17, 15) is 10.1 Å². The standard InChI is InChI=1S/C23H27N3O4S/c1-15-16(2)26(13-17-5-3-8-28-17)23(19(15)12-24)25-22(27)14-31-18-6-7-20-21(11-18)30-10-4-9-29-20/h6-7,11,17H,3-5,8-10,13-14H2,1-2H3,(H,25,27)/t17-/m0/s1. The predicted octanol–water partition coefficient (Wildman–Crippen LogP) is 4.05. The topological polar surface area (TPSA) is 85.5 Å². The number of hydrogen-bond donors (Lipinski definition) is 1. The maximum Gasteiger partial charge on any atom is 0.235 e. The molecule has 1 amide bonds. The quantitative estimate of drug-likeness (QED) is 0.681. The fourth-order valence-corrected chi connectivity index (χ4v) is 4.63. The number of anilines is 1. The summed E-state index contributed by atoms with van der Waals surface area (Å²) in [6.45, 7) is 6.57. The average molecular weight is 442 g/mol. The molecule has 8 heteroatoms. The lowest BCUT2D eigenvalue weighted by atomic mass is 10.2. The molecule has 164 valence electrons. The Bertz CT molecular complexity index is 1010. The first-order valence-electron chi connectivity index (χ1n) is 10.6. The second-order valence-electron chi connectivity index (χ2n) is 7.79. The fourth-order valence-electron chi connectivity index (χ4n) is 3.90. The van der Waals surface area contributed by atoms with Gasteiger partial charge < -0.3 is 24.1 Å². The molecule has 1 aromatic carbocycles. The molecule has 7 nitrogen and oxygen atoms in total. The molecule has 2 aliphatic rings. The number of carbonyl (C=O) groups is 1. The summed E-state index contributed by atoms with van der Waals surface area (Å²) in [6, 6.07) is 7.98. The van der Waals surface area contributed by atoms with Crippen molar-refractivity contribution in [3.63, 3.8) is 0 Å². The molecule has 1 fully saturated rings. The van der Waals surface area contributed by atoms with Crippen LogP contribution in [0.15, 0.2) is 23.1 Å². The van der Waals surface area contributed by atoms with Crippen molar-refractivity contribution in [2.24, 2.45) is 0 Å². The van der Waals surface area contributed by atoms with Crippen molar-refractivity contribution in [3.05, 3.63) is 35.0 Å². The SMILES string of the molecule is Cc1c(C#N)c(NC(=O)CSc2ccc3c(c2)OCCCO3)n(C[C@@H]2CCCO2)c1C. The minimum absolute atomic E-state index is 0.115. The van der Waals surface area contributed by atoms with E-state index in [1.54, 1.807) is 0 Å². The lowest BCUT2D eigenvalue weighted by Crippen LogP contribution is -2.22. The third kappa shape index (κ3) is 4.83. The Balaban J connectivity index is 1.45. The van der Waals surface area contributed by atoms with Crippen molar-refractivity contribution >= 4 is 23.5 Å². The highest BCUT2D eigenvalue weighted by atomic mass is 32.2. The Morgan fingerprint density at radius 3 is 2.77 bits per heavy atom. The minimum atomic E-state index is -0.153. The molecule has 1 aromatic heterocycles. The third-order valence-corrected chi connectivity index (χ3v) is 6.69. The molecule has 2 aromatic rings. The Morgan fingerprint density at radius 1 is 1.23 bits per heavy atom. The molecule has 1 saturated heterocycles. The zero-order chi connectivity index (χ0) is 21.8. The van der Waals surface area contributed by atoms with Crippen LogP contribution in [-0.4, -0.2) is 42.2 Å². The van der Waals surface area contributed by atoms with E-state index in [2.05, 4.69) is 11.4 Å². The summed E-state index contributed by atoms with van der Waals surface area (Å²) in [7, 11) is 0. The summed E-state index contributed by atoms with van der Waals surface area (Å²) in [4.78, 5) is 13.7. The van der Waals surface area contributed by atoms with Gasteiger partial charge in [-0.2, -0.15) is 5.26 Å². The monoisotopic (exact) mass is 441 g/mol. The van der Waals surface area contributed by atoms with E-state index in [1.807, 2.05) is 36.6 Å². The number of nitrogens with zero attached hydrogens (tertiary/aromatic N) is 2. The van der Waals surface area contributed by atoms with Crippen molar-refractivity contribution in [1.29, 1.82) is 5.26 Å². The molecule has 0 saturated carbocycles. The first-order chi connectivity index (χ1) is 15.1. The van der Waals surface area contributed by atoms with Gasteiger partial charge in [0.05, 0.1) is 37.2 Å². The first-order valence-corrected chi connectivity index (χ1v) is 11.6. The Morgan fingerprint density at radius 2 is 2.03 bits per heavy atom. The van der Waals surface area contributed by atoms with E-state index >= 15 is 0 Å². The van der Waals surface area contributed by atoms with Crippen LogP contribution < -0.4 is 14.8 Å². The van der Waals surface area contributed by atoms with Gasteiger partial charge in [-0.15, -0.1) is 11.8 Å². The molecule has 0 aliphatic carbocycles. The molecular weight excluding hydrogens is 414 g/mol. The second-order valence-corrected chi connectivity index (χ2v) is 8.84. The van der Waals surface area contributed by atoms with E-state index in [4.69, 9.17) is 14.2 Å². The fraction of sp³-hybridized carbons (Fsp3) is 0.478. The van der Waals surface area contributed by atoms with E-state index in [0.29, 0.717) is 36.9 Å². The number of nitrogens with one attached hydrogen (secondary N) is 1. The number of benzene rings is 1. The maximum atomic E-state index is 12.8. The summed E-state index contributed by atoms with van der Waals surface area (Å²) in [5, 5.41) is 12.7. The van der Waals surface area contributed by atoms with Crippen LogP contribution in [0.1, 0.15) is 36.1 Å². The van der Waals surface area contributed by atoms with Crippen LogP contribution in [0, 0.1) is 25.2 Å². The molecule has 1 atom stereocenters. The highest BCUT2D eigenvalue weighted by Gasteiger charge is 2.24. The van der Waals surface area contributed by atoms with Gasteiger partial charge >= 0.3 is 0 Å². The van der Waals surface area contributed by atoms with Gasteiger partial charge in [0.1, 0.15) is 11.9 Å². The van der Waals surface area contributed by atoms with Crippen LogP contribution in [-0.2, 0) is 16.1 Å². The number of ether oxygens (including phenoxy) is 3. The molecule has 0 radical (unpaired) electrons. The predicted molar refractivity (Wildman–Crippen MR) is 119 cm³/mol. The molecule has 3 heterocycles. The van der Waals surface area contributed by atoms with Gasteiger partial charge in [-0.25, -0.2) is 0 Å². The summed E-state index contributed by atoms with van der Waals surface area (Å²) in [6.07, 6.45) is 3.00. The number of hydrogen-bond acceptors (Lipinski definition) is 6. The van der Waals surface area contributed by atoms with Crippen molar-refractivity contribution in [2.75, 3.05) is 30.9 Å². The normalized spacial score (nSPS) is 17.8. The van der Waals surface area contributed by atoms with Gasteiger partial charge in [0.2, 0.25) is 5.91 Å². The first kappa shape index (κ1) is 21.6. The Hall–Kier alpha value is -2.63. The molecule has 4 rings (SSSR count). The summed E-state index contributed by atoms with van der Waals surface area (Å²) in [5.74, 6) is 2.10. The largest absolute Gasteiger partial charge is 0.490 e. The number of thioether (sulfide) groups is 1. The van der Waals surface area contributed by atoms with E-state index in [0.717, 1.165) is 47.8 Å². The number of fused-ring (bicyclic) bond motifs is 1. The van der Waals surface area contributed by atoms with E-state index < -0.39 is 0 Å². The Kier molecular flexibility index (Phi) is 6.73. The third-order valence-electron chi connectivity index (χ3n) is 5.70. The van der Waals surface area contributed by atoms with Crippen LogP contribution >= 0.6 is 11.8 Å². The number of carbonyl (C=O) groups excluding carboxylic acids is 1. The maximum absolute atomic E-state index is 12.8.